The third kappa shape index (κ3) is 10.7. The number of pyridine rings is 2. The molecule has 0 atom stereocenters. The zero-order chi connectivity index (χ0) is 45.4. The maximum absolute atomic E-state index is 14.1. The van der Waals surface area contributed by atoms with Crippen LogP contribution in [0.3, 0.4) is 0 Å². The molecule has 0 saturated heterocycles. The lowest BCUT2D eigenvalue weighted by molar-refractivity contribution is 0.0918. The molecule has 0 bridgehead atoms. The summed E-state index contributed by atoms with van der Waals surface area (Å²) >= 11 is 0. The lowest BCUT2D eigenvalue weighted by Gasteiger charge is -2.11. The minimum atomic E-state index is -3.96. The Labute approximate surface area is 369 Å². The number of ether oxygens (including phenoxy) is 1. The smallest absolute Gasteiger partial charge is 0.287 e. The molecule has 2 N–H and O–H groups in total. The Kier molecular flexibility index (Phi) is 13.7. The van der Waals surface area contributed by atoms with Gasteiger partial charge < -0.3 is 24.2 Å². The summed E-state index contributed by atoms with van der Waals surface area (Å²) in [6.07, 6.45) is 7.10. The lowest BCUT2D eigenvalue weighted by Crippen LogP contribution is -2.22. The second-order valence-corrected chi connectivity index (χ2v) is 18.9. The van der Waals surface area contributed by atoms with Crippen molar-refractivity contribution in [2.75, 3.05) is 6.61 Å². The molecule has 0 unspecified atom stereocenters. The van der Waals surface area contributed by atoms with E-state index in [0.717, 1.165) is 40.5 Å². The molecule has 0 spiro atoms. The van der Waals surface area contributed by atoms with E-state index in [2.05, 4.69) is 20.6 Å². The fraction of sp³-hybridized carbons (Fsp3) is 0.167. The van der Waals surface area contributed by atoms with Crippen LogP contribution in [0.4, 0.5) is 4.39 Å². The molecule has 0 aliphatic heterocycles. The number of carbonyl (C=O) groups is 2. The van der Waals surface area contributed by atoms with Crippen LogP contribution < -0.4 is 15.4 Å². The zero-order valence-corrected chi connectivity index (χ0v) is 36.6. The van der Waals surface area contributed by atoms with Crippen molar-refractivity contribution in [3.63, 3.8) is 0 Å². The number of hydrogen-bond acceptors (Lipinski definition) is 11. The van der Waals surface area contributed by atoms with Crippen molar-refractivity contribution < 1.29 is 44.4 Å². The average Bonchev–Trinajstić information content (AvgIpc) is 3.95. The van der Waals surface area contributed by atoms with Gasteiger partial charge in [0.1, 0.15) is 11.6 Å². The van der Waals surface area contributed by atoms with Crippen LogP contribution >= 0.6 is 0 Å². The number of halogens is 1. The molecule has 2 amide bonds. The third-order valence-electron chi connectivity index (χ3n) is 9.82. The van der Waals surface area contributed by atoms with Gasteiger partial charge >= 0.3 is 0 Å². The number of hydrogen-bond donors (Lipinski definition) is 2. The summed E-state index contributed by atoms with van der Waals surface area (Å²) in [5.74, 6) is -0.716. The molecule has 8 rings (SSSR count). The van der Waals surface area contributed by atoms with Crippen LogP contribution in [-0.4, -0.2) is 45.2 Å². The number of sulfone groups is 2. The van der Waals surface area contributed by atoms with Crippen LogP contribution in [0.5, 0.6) is 5.75 Å². The van der Waals surface area contributed by atoms with Gasteiger partial charge in [-0.15, -0.1) is 0 Å². The first-order valence-corrected chi connectivity index (χ1v) is 23.1. The van der Waals surface area contributed by atoms with E-state index in [1.807, 2.05) is 26.8 Å². The topological polar surface area (TPSA) is 188 Å². The number of nitrogens with zero attached hydrogens (tertiary/aromatic N) is 2. The largest absolute Gasteiger partial charge is 0.493 e. The van der Waals surface area contributed by atoms with Gasteiger partial charge in [0.25, 0.3) is 11.8 Å². The van der Waals surface area contributed by atoms with Crippen molar-refractivity contribution in [3.8, 4) is 5.75 Å². The van der Waals surface area contributed by atoms with E-state index >= 15 is 0 Å². The number of carbonyl (C=O) groups excluding carboxylic acids is 2. The number of benzene rings is 4. The van der Waals surface area contributed by atoms with Crippen molar-refractivity contribution in [1.82, 2.24) is 20.6 Å². The molecule has 8 aromatic rings. The zero-order valence-electron chi connectivity index (χ0n) is 34.9. The molecule has 16 heteroatoms. The van der Waals surface area contributed by atoms with Gasteiger partial charge in [0.2, 0.25) is 19.7 Å². The highest BCUT2D eigenvalue weighted by molar-refractivity contribution is 7.91. The van der Waals surface area contributed by atoms with Gasteiger partial charge in [0, 0.05) is 42.3 Å². The minimum absolute atomic E-state index is 0.00719. The first-order chi connectivity index (χ1) is 30.7. The fourth-order valence-corrected chi connectivity index (χ4v) is 8.98. The fourth-order valence-electron chi connectivity index (χ4n) is 6.35. The molecule has 0 radical (unpaired) electrons. The maximum atomic E-state index is 14.1. The Bertz CT molecular complexity index is 3100. The molecular formula is C48H43FN4O9S2. The van der Waals surface area contributed by atoms with Crippen molar-refractivity contribution in [3.05, 3.63) is 174 Å². The van der Waals surface area contributed by atoms with Crippen LogP contribution in [0, 0.1) is 11.7 Å². The van der Waals surface area contributed by atoms with E-state index in [0.29, 0.717) is 23.3 Å². The Morgan fingerprint density at radius 3 is 1.62 bits per heavy atom. The summed E-state index contributed by atoms with van der Waals surface area (Å²) < 4.78 is 82.3. The first-order valence-electron chi connectivity index (χ1n) is 20.1. The third-order valence-corrected chi connectivity index (χ3v) is 13.3. The Morgan fingerprint density at radius 2 is 1.14 bits per heavy atom. The van der Waals surface area contributed by atoms with Crippen molar-refractivity contribution in [2.24, 2.45) is 5.92 Å². The highest BCUT2D eigenvalue weighted by Gasteiger charge is 2.21. The van der Waals surface area contributed by atoms with Crippen LogP contribution in [0.15, 0.2) is 168 Å². The lowest BCUT2D eigenvalue weighted by atomic mass is 10.2. The molecular weight excluding hydrogens is 860 g/mol. The van der Waals surface area contributed by atoms with E-state index in [9.17, 15) is 30.8 Å². The molecule has 0 saturated carbocycles. The number of furan rings is 2. The van der Waals surface area contributed by atoms with E-state index in [1.54, 1.807) is 97.5 Å². The van der Waals surface area contributed by atoms with Gasteiger partial charge in [-0.05, 0) is 102 Å². The van der Waals surface area contributed by atoms with Crippen molar-refractivity contribution >= 4 is 53.4 Å². The van der Waals surface area contributed by atoms with Gasteiger partial charge in [-0.25, -0.2) is 21.2 Å². The highest BCUT2D eigenvalue weighted by atomic mass is 32.2. The Hall–Kier alpha value is -7.17. The molecule has 4 aromatic carbocycles. The molecule has 13 nitrogen and oxygen atoms in total. The van der Waals surface area contributed by atoms with Crippen LogP contribution in [-0.2, 0) is 39.2 Å². The number of rotatable bonds is 14. The normalized spacial score (nSPS) is 11.6. The summed E-state index contributed by atoms with van der Waals surface area (Å²) in [4.78, 5) is 33.0. The van der Waals surface area contributed by atoms with Gasteiger partial charge in [0.05, 0.1) is 38.6 Å². The second-order valence-electron chi connectivity index (χ2n) is 15.0. The van der Waals surface area contributed by atoms with Crippen molar-refractivity contribution in [1.29, 1.82) is 0 Å². The quantitative estimate of drug-likeness (QED) is 0.106. The minimum Gasteiger partial charge on any atom is -0.493 e. The summed E-state index contributed by atoms with van der Waals surface area (Å²) in [5.41, 5.74) is 3.49. The monoisotopic (exact) mass is 902 g/mol. The predicted molar refractivity (Wildman–Crippen MR) is 237 cm³/mol. The molecule has 64 heavy (non-hydrogen) atoms. The molecule has 4 heterocycles. The van der Waals surface area contributed by atoms with Gasteiger partial charge in [-0.1, -0.05) is 57.2 Å². The summed E-state index contributed by atoms with van der Waals surface area (Å²) in [7, 11) is -7.54. The summed E-state index contributed by atoms with van der Waals surface area (Å²) in [5, 5.41) is 7.09. The molecule has 0 fully saturated rings. The van der Waals surface area contributed by atoms with E-state index < -0.39 is 31.4 Å². The Morgan fingerprint density at radius 1 is 0.625 bits per heavy atom. The number of fused-ring (bicyclic) bond motifs is 2. The maximum Gasteiger partial charge on any atom is 0.287 e. The standard InChI is InChI=1S/C25H23FN2O5S.C23H20N2O4S/c1-16(2)15-32-20-10-19(26)11-22(12-20)34(30,31)21-5-3-17(4-6-21)13-28-25(29)23-9-18-7-8-27-14-24(18)33-23;1-2-16-4-3-5-20(12-16)30(27,28)19-8-6-17(7-9-19)14-25-23(26)21-13-18-10-11-24-15-22(18)29-21/h3-12,14,16H,13,15H2,1-2H3,(H,28,29);3-13,15H,2,14H2,1H3,(H,25,26). The molecule has 0 aliphatic rings. The van der Waals surface area contributed by atoms with Gasteiger partial charge in [-0.2, -0.15) is 0 Å². The average molecular weight is 903 g/mol. The van der Waals surface area contributed by atoms with E-state index in [1.165, 1.54) is 24.4 Å². The van der Waals surface area contributed by atoms with Crippen LogP contribution in [0.25, 0.3) is 21.9 Å². The second kappa shape index (κ2) is 19.5. The van der Waals surface area contributed by atoms with Gasteiger partial charge in [-0.3, -0.25) is 19.6 Å². The molecule has 328 valence electrons. The highest BCUT2D eigenvalue weighted by Crippen LogP contribution is 2.27. The van der Waals surface area contributed by atoms with Crippen LogP contribution in [0.1, 0.15) is 58.6 Å². The van der Waals surface area contributed by atoms with E-state index in [-0.39, 0.29) is 61.8 Å². The Balaban J connectivity index is 0.000000193. The SMILES string of the molecule is CC(C)COc1cc(F)cc(S(=O)(=O)c2ccc(CNC(=O)c3cc4ccncc4o3)cc2)c1.CCc1cccc(S(=O)(=O)c2ccc(CNC(=O)c3cc4ccncc4o3)cc2)c1. The first kappa shape index (κ1) is 44.9. The predicted octanol–water partition coefficient (Wildman–Crippen LogP) is 8.92. The van der Waals surface area contributed by atoms with Crippen LogP contribution in [0.2, 0.25) is 0 Å². The number of aryl methyl sites for hydroxylation is 1. The van der Waals surface area contributed by atoms with Crippen molar-refractivity contribution in [2.45, 2.75) is 59.9 Å². The molecule has 4 aromatic heterocycles. The number of amides is 2. The number of aromatic nitrogens is 2. The summed E-state index contributed by atoms with van der Waals surface area (Å²) in [6, 6.07) is 29.7. The number of nitrogens with one attached hydrogen (secondary N) is 2. The molecule has 0 aliphatic carbocycles. The van der Waals surface area contributed by atoms with E-state index in [4.69, 9.17) is 13.6 Å². The summed E-state index contributed by atoms with van der Waals surface area (Å²) in [6.45, 7) is 6.62. The van der Waals surface area contributed by atoms with Gasteiger partial charge in [0.15, 0.2) is 22.7 Å².